The highest BCUT2D eigenvalue weighted by atomic mass is 16.5. The monoisotopic (exact) mass is 330 g/mol. The Labute approximate surface area is 148 Å². The second kappa shape index (κ2) is 12.7. The van der Waals surface area contributed by atoms with Gasteiger partial charge in [0.2, 0.25) is 0 Å². The summed E-state index contributed by atoms with van der Waals surface area (Å²) in [6.45, 7) is 10.1. The van der Waals surface area contributed by atoms with Gasteiger partial charge in [-0.2, -0.15) is 5.26 Å². The van der Waals surface area contributed by atoms with Crippen LogP contribution in [0, 0.1) is 11.3 Å². The molecule has 0 saturated heterocycles. The highest BCUT2D eigenvalue weighted by Gasteiger charge is 2.13. The van der Waals surface area contributed by atoms with Crippen molar-refractivity contribution in [2.75, 3.05) is 13.2 Å². The number of nitriles is 1. The maximum Gasteiger partial charge on any atom is 0.0954 e. The Morgan fingerprint density at radius 3 is 2.67 bits per heavy atom. The maximum absolute atomic E-state index is 9.51. The molecule has 0 aromatic rings. The van der Waals surface area contributed by atoms with E-state index in [1.165, 1.54) is 37.8 Å². The number of allylic oxidation sites excluding steroid dienone is 4. The molecular weight excluding hydrogens is 296 g/mol. The Balaban J connectivity index is 2.56. The summed E-state index contributed by atoms with van der Waals surface area (Å²) in [5.74, 6) is 0.714. The van der Waals surface area contributed by atoms with Gasteiger partial charge in [0.25, 0.3) is 0 Å². The Bertz CT molecular complexity index is 483. The first-order valence-electron chi connectivity index (χ1n) is 9.58. The molecule has 3 heteroatoms. The van der Waals surface area contributed by atoms with Gasteiger partial charge >= 0.3 is 0 Å². The van der Waals surface area contributed by atoms with Crippen LogP contribution in [0.5, 0.6) is 0 Å². The average Bonchev–Trinajstić information content (AvgIpc) is 2.60. The van der Waals surface area contributed by atoms with Crippen molar-refractivity contribution in [2.45, 2.75) is 78.1 Å². The van der Waals surface area contributed by atoms with Gasteiger partial charge in [-0.05, 0) is 43.8 Å². The van der Waals surface area contributed by atoms with Crippen molar-refractivity contribution >= 4 is 0 Å². The van der Waals surface area contributed by atoms with Crippen LogP contribution < -0.4 is 5.32 Å². The highest BCUT2D eigenvalue weighted by Crippen LogP contribution is 2.26. The van der Waals surface area contributed by atoms with Crippen molar-refractivity contribution in [3.63, 3.8) is 0 Å². The van der Waals surface area contributed by atoms with Gasteiger partial charge in [-0.15, -0.1) is 0 Å². The molecule has 0 heterocycles. The minimum absolute atomic E-state index is 0.539. The van der Waals surface area contributed by atoms with Crippen molar-refractivity contribution in [1.82, 2.24) is 5.32 Å². The van der Waals surface area contributed by atoms with Gasteiger partial charge in [0.05, 0.1) is 18.4 Å². The lowest BCUT2D eigenvalue weighted by Gasteiger charge is -2.19. The molecule has 0 spiro atoms. The molecule has 1 N–H and O–H groups in total. The zero-order chi connectivity index (χ0) is 17.6. The molecule has 0 atom stereocenters. The van der Waals surface area contributed by atoms with Crippen LogP contribution in [-0.4, -0.2) is 13.2 Å². The van der Waals surface area contributed by atoms with Gasteiger partial charge in [0.1, 0.15) is 0 Å². The first-order chi connectivity index (χ1) is 11.7. The van der Waals surface area contributed by atoms with Gasteiger partial charge in [-0.25, -0.2) is 0 Å². The van der Waals surface area contributed by atoms with Gasteiger partial charge in [-0.3, -0.25) is 0 Å². The van der Waals surface area contributed by atoms with E-state index < -0.39 is 0 Å². The highest BCUT2D eigenvalue weighted by molar-refractivity contribution is 5.39. The van der Waals surface area contributed by atoms with E-state index in [2.05, 4.69) is 37.9 Å². The lowest BCUT2D eigenvalue weighted by molar-refractivity contribution is 0.202. The van der Waals surface area contributed by atoms with Crippen LogP contribution in [0.4, 0.5) is 0 Å². The standard InChI is InChI=1S/C21H34N2O/c1-4-6-8-13-23-21-12-10-11-19(16-21)20(17-22)15-18(3)24-14-9-7-5-2/h16,23H,3-15H2,1-2H3/b20-19+. The Morgan fingerprint density at radius 2 is 1.96 bits per heavy atom. The number of nitrogens with one attached hydrogen (secondary N) is 1. The fourth-order valence-corrected chi connectivity index (χ4v) is 2.87. The SMILES string of the molecule is C=C(C/C(C#N)=C1\C=C(NCCCCC)CCC1)OCCCCC. The van der Waals surface area contributed by atoms with Crippen molar-refractivity contribution in [3.05, 3.63) is 35.3 Å². The molecule has 3 nitrogen and oxygen atoms in total. The van der Waals surface area contributed by atoms with Gasteiger partial charge in [0, 0.05) is 24.2 Å². The summed E-state index contributed by atoms with van der Waals surface area (Å²) in [6, 6.07) is 2.37. The normalized spacial score (nSPS) is 16.1. The number of ether oxygens (including phenoxy) is 1. The molecule has 134 valence electrons. The minimum atomic E-state index is 0.539. The number of rotatable bonds is 12. The first kappa shape index (κ1) is 20.4. The van der Waals surface area contributed by atoms with E-state index in [-0.39, 0.29) is 0 Å². The second-order valence-electron chi connectivity index (χ2n) is 6.54. The summed E-state index contributed by atoms with van der Waals surface area (Å²) in [7, 11) is 0. The van der Waals surface area contributed by atoms with E-state index in [9.17, 15) is 5.26 Å². The first-order valence-corrected chi connectivity index (χ1v) is 9.58. The molecule has 0 aliphatic heterocycles. The molecule has 0 fully saturated rings. The van der Waals surface area contributed by atoms with Gasteiger partial charge < -0.3 is 10.1 Å². The molecular formula is C21H34N2O. The molecule has 0 unspecified atom stereocenters. The smallest absolute Gasteiger partial charge is 0.0954 e. The fraction of sp³-hybridized carbons (Fsp3) is 0.667. The van der Waals surface area contributed by atoms with Crippen LogP contribution in [0.3, 0.4) is 0 Å². The van der Waals surface area contributed by atoms with Crippen LogP contribution in [-0.2, 0) is 4.74 Å². The lowest BCUT2D eigenvalue weighted by Crippen LogP contribution is -2.17. The largest absolute Gasteiger partial charge is 0.498 e. The summed E-state index contributed by atoms with van der Waals surface area (Å²) in [5.41, 5.74) is 3.23. The van der Waals surface area contributed by atoms with Crippen molar-refractivity contribution in [2.24, 2.45) is 0 Å². The molecule has 1 aliphatic carbocycles. The van der Waals surface area contributed by atoms with E-state index in [1.54, 1.807) is 0 Å². The van der Waals surface area contributed by atoms with Crippen LogP contribution in [0.1, 0.15) is 78.1 Å². The van der Waals surface area contributed by atoms with Gasteiger partial charge in [-0.1, -0.05) is 46.1 Å². The third-order valence-corrected chi connectivity index (χ3v) is 4.32. The predicted molar refractivity (Wildman–Crippen MR) is 101 cm³/mol. The van der Waals surface area contributed by atoms with E-state index >= 15 is 0 Å². The number of nitrogens with zero attached hydrogens (tertiary/aromatic N) is 1. The summed E-state index contributed by atoms with van der Waals surface area (Å²) < 4.78 is 5.67. The quantitative estimate of drug-likeness (QED) is 0.281. The maximum atomic E-state index is 9.51. The molecule has 0 saturated carbocycles. The Kier molecular flexibility index (Phi) is 10.8. The molecule has 0 bridgehead atoms. The van der Waals surface area contributed by atoms with E-state index in [1.807, 2.05) is 0 Å². The number of hydrogen-bond acceptors (Lipinski definition) is 3. The van der Waals surface area contributed by atoms with Crippen molar-refractivity contribution in [3.8, 4) is 6.07 Å². The summed E-state index contributed by atoms with van der Waals surface area (Å²) >= 11 is 0. The fourth-order valence-electron chi connectivity index (χ4n) is 2.87. The Hall–Kier alpha value is -1.69. The molecule has 0 aromatic carbocycles. The van der Waals surface area contributed by atoms with E-state index in [4.69, 9.17) is 4.74 Å². The molecule has 0 aromatic heterocycles. The molecule has 1 aliphatic rings. The zero-order valence-electron chi connectivity index (χ0n) is 15.6. The Morgan fingerprint density at radius 1 is 1.21 bits per heavy atom. The van der Waals surface area contributed by atoms with Crippen LogP contribution in [0.15, 0.2) is 35.3 Å². The predicted octanol–water partition coefficient (Wildman–Crippen LogP) is 5.76. The third kappa shape index (κ3) is 8.24. The van der Waals surface area contributed by atoms with E-state index in [0.717, 1.165) is 43.4 Å². The summed E-state index contributed by atoms with van der Waals surface area (Å²) in [4.78, 5) is 0. The molecule has 1 rings (SSSR count). The average molecular weight is 331 g/mol. The minimum Gasteiger partial charge on any atom is -0.498 e. The van der Waals surface area contributed by atoms with Crippen molar-refractivity contribution < 1.29 is 4.74 Å². The van der Waals surface area contributed by atoms with Gasteiger partial charge in [0.15, 0.2) is 0 Å². The van der Waals surface area contributed by atoms with Crippen LogP contribution >= 0.6 is 0 Å². The topological polar surface area (TPSA) is 45.0 Å². The second-order valence-corrected chi connectivity index (χ2v) is 6.54. The third-order valence-electron chi connectivity index (χ3n) is 4.32. The molecule has 0 radical (unpaired) electrons. The summed E-state index contributed by atoms with van der Waals surface area (Å²) in [6.07, 6.45) is 13.0. The van der Waals surface area contributed by atoms with E-state index in [0.29, 0.717) is 18.8 Å². The van der Waals surface area contributed by atoms with Crippen molar-refractivity contribution in [1.29, 1.82) is 5.26 Å². The van der Waals surface area contributed by atoms with Crippen LogP contribution in [0.25, 0.3) is 0 Å². The number of hydrogen-bond donors (Lipinski definition) is 1. The van der Waals surface area contributed by atoms with Crippen LogP contribution in [0.2, 0.25) is 0 Å². The lowest BCUT2D eigenvalue weighted by atomic mass is 9.93. The zero-order valence-corrected chi connectivity index (χ0v) is 15.6. The molecule has 0 amide bonds. The molecule has 24 heavy (non-hydrogen) atoms. The number of unbranched alkanes of at least 4 members (excludes halogenated alkanes) is 4. The summed E-state index contributed by atoms with van der Waals surface area (Å²) in [5, 5.41) is 13.0.